The second-order valence-electron chi connectivity index (χ2n) is 6.13. The van der Waals surface area contributed by atoms with Crippen molar-refractivity contribution in [3.05, 3.63) is 52.7 Å². The van der Waals surface area contributed by atoms with Crippen LogP contribution in [0.2, 0.25) is 0 Å². The molecule has 0 saturated heterocycles. The van der Waals surface area contributed by atoms with Crippen molar-refractivity contribution in [2.75, 3.05) is 20.8 Å². The predicted octanol–water partition coefficient (Wildman–Crippen LogP) is 3.18. The number of fused-ring (bicyclic) bond motifs is 1. The van der Waals surface area contributed by atoms with Gasteiger partial charge in [-0.3, -0.25) is 4.90 Å². The van der Waals surface area contributed by atoms with Gasteiger partial charge in [0.15, 0.2) is 5.82 Å². The van der Waals surface area contributed by atoms with Crippen LogP contribution in [0.15, 0.2) is 35.8 Å². The summed E-state index contributed by atoms with van der Waals surface area (Å²) in [6.45, 7) is 2.52. The number of methoxy groups -OCH3 is 2. The number of hydrogen-bond acceptors (Lipinski definition) is 7. The third-order valence-electron chi connectivity index (χ3n) is 4.48. The molecule has 0 fully saturated rings. The van der Waals surface area contributed by atoms with Crippen LogP contribution >= 0.6 is 11.3 Å². The molecule has 0 radical (unpaired) electrons. The molecule has 0 spiro atoms. The zero-order valence-corrected chi connectivity index (χ0v) is 15.6. The Kier molecular flexibility index (Phi) is 4.81. The summed E-state index contributed by atoms with van der Waals surface area (Å²) >= 11 is 1.66. The summed E-state index contributed by atoms with van der Waals surface area (Å²) in [6, 6.07) is 7.96. The number of aromatic nitrogens is 3. The van der Waals surface area contributed by atoms with E-state index in [-0.39, 0.29) is 0 Å². The monoisotopic (exact) mass is 368 g/mol. The molecule has 1 aliphatic rings. The first-order valence-electron chi connectivity index (χ1n) is 8.45. The average molecular weight is 368 g/mol. The molecule has 0 aliphatic carbocycles. The molecule has 4 rings (SSSR count). The summed E-state index contributed by atoms with van der Waals surface area (Å²) in [6.07, 6.45) is 2.93. The average Bonchev–Trinajstić information content (AvgIpc) is 3.22. The van der Waals surface area contributed by atoms with Crippen LogP contribution in [0, 0.1) is 0 Å². The lowest BCUT2D eigenvalue weighted by atomic mass is 10.1. The molecular formula is C19H20N4O2S. The van der Waals surface area contributed by atoms with Gasteiger partial charge in [-0.05, 0) is 29.5 Å². The minimum absolute atomic E-state index is 0.558. The van der Waals surface area contributed by atoms with Gasteiger partial charge in [0.2, 0.25) is 11.8 Å². The smallest absolute Gasteiger partial charge is 0.220 e. The fourth-order valence-electron chi connectivity index (χ4n) is 3.12. The molecule has 3 aromatic heterocycles. The van der Waals surface area contributed by atoms with Gasteiger partial charge in [-0.25, -0.2) is 9.97 Å². The van der Waals surface area contributed by atoms with Crippen LogP contribution in [0.5, 0.6) is 11.8 Å². The highest BCUT2D eigenvalue weighted by atomic mass is 32.1. The van der Waals surface area contributed by atoms with Crippen LogP contribution in [0.4, 0.5) is 0 Å². The van der Waals surface area contributed by atoms with Crippen molar-refractivity contribution in [2.45, 2.75) is 19.5 Å². The zero-order chi connectivity index (χ0) is 17.9. The lowest BCUT2D eigenvalue weighted by Crippen LogP contribution is -2.31. The fraction of sp³-hybridized carbons (Fsp3) is 0.316. The van der Waals surface area contributed by atoms with E-state index in [1.807, 2.05) is 29.8 Å². The highest BCUT2D eigenvalue weighted by Gasteiger charge is 2.20. The summed E-state index contributed by atoms with van der Waals surface area (Å²) in [5, 5.41) is 2.05. The Morgan fingerprint density at radius 3 is 2.85 bits per heavy atom. The number of thiophene rings is 1. The van der Waals surface area contributed by atoms with E-state index in [2.05, 4.69) is 20.9 Å². The molecule has 0 amide bonds. The second kappa shape index (κ2) is 7.39. The van der Waals surface area contributed by atoms with Crippen molar-refractivity contribution >= 4 is 11.3 Å². The van der Waals surface area contributed by atoms with Crippen molar-refractivity contribution < 1.29 is 9.47 Å². The molecule has 4 heterocycles. The Bertz CT molecular complexity index is 899. The van der Waals surface area contributed by atoms with Gasteiger partial charge in [-0.1, -0.05) is 6.07 Å². The molecule has 0 atom stereocenters. The van der Waals surface area contributed by atoms with Gasteiger partial charge in [-0.15, -0.1) is 11.3 Å². The Hall–Kier alpha value is -2.51. The maximum absolute atomic E-state index is 5.42. The third kappa shape index (κ3) is 3.40. The van der Waals surface area contributed by atoms with Crippen molar-refractivity contribution in [3.63, 3.8) is 0 Å². The van der Waals surface area contributed by atoms with Gasteiger partial charge in [0.05, 0.1) is 24.8 Å². The van der Waals surface area contributed by atoms with Gasteiger partial charge < -0.3 is 9.47 Å². The maximum atomic E-state index is 5.42. The molecule has 3 aromatic rings. The van der Waals surface area contributed by atoms with Crippen molar-refractivity contribution in [2.24, 2.45) is 0 Å². The number of ether oxygens (including phenoxy) is 2. The molecule has 0 unspecified atom stereocenters. The minimum atomic E-state index is 0.558. The highest BCUT2D eigenvalue weighted by molar-refractivity contribution is 7.13. The number of nitrogens with zero attached hydrogens (tertiary/aromatic N) is 4. The van der Waals surface area contributed by atoms with Gasteiger partial charge >= 0.3 is 0 Å². The fourth-order valence-corrected chi connectivity index (χ4v) is 3.79. The normalized spacial score (nSPS) is 14.1. The maximum Gasteiger partial charge on any atom is 0.220 e. The van der Waals surface area contributed by atoms with E-state index in [9.17, 15) is 0 Å². The van der Waals surface area contributed by atoms with Crippen LogP contribution in [0.1, 0.15) is 16.8 Å². The molecular weight excluding hydrogens is 348 g/mol. The summed E-state index contributed by atoms with van der Waals surface area (Å²) < 4.78 is 10.6. The summed E-state index contributed by atoms with van der Waals surface area (Å²) in [5.41, 5.74) is 3.39. The van der Waals surface area contributed by atoms with Crippen LogP contribution in [-0.2, 0) is 19.5 Å². The lowest BCUT2D eigenvalue weighted by Gasteiger charge is -2.28. The SMILES string of the molecule is COc1ccc(CN2CCc3cnc(-c4cccs4)nc3C2)c(OC)n1. The molecule has 7 heteroatoms. The van der Waals surface area contributed by atoms with E-state index >= 15 is 0 Å². The first-order valence-corrected chi connectivity index (χ1v) is 9.33. The summed E-state index contributed by atoms with van der Waals surface area (Å²) in [5.74, 6) is 1.98. The summed E-state index contributed by atoms with van der Waals surface area (Å²) in [4.78, 5) is 17.2. The van der Waals surface area contributed by atoms with Gasteiger partial charge in [0.25, 0.3) is 0 Å². The van der Waals surface area contributed by atoms with Crippen LogP contribution in [0.25, 0.3) is 10.7 Å². The Labute approximate surface area is 156 Å². The Morgan fingerprint density at radius 2 is 2.08 bits per heavy atom. The molecule has 26 heavy (non-hydrogen) atoms. The first kappa shape index (κ1) is 16.9. The van der Waals surface area contributed by atoms with E-state index in [0.717, 1.165) is 48.0 Å². The standard InChI is InChI=1S/C19H20N4O2S/c1-24-17-6-5-14(19(22-17)25-2)11-23-8-7-13-10-20-18(21-15(13)12-23)16-4-3-9-26-16/h3-6,9-10H,7-8,11-12H2,1-2H3. The van der Waals surface area contributed by atoms with E-state index in [1.54, 1.807) is 25.6 Å². The molecule has 0 bridgehead atoms. The Balaban J connectivity index is 1.54. The third-order valence-corrected chi connectivity index (χ3v) is 5.34. The van der Waals surface area contributed by atoms with Crippen molar-refractivity contribution in [1.29, 1.82) is 0 Å². The van der Waals surface area contributed by atoms with Crippen LogP contribution in [0.3, 0.4) is 0 Å². The Morgan fingerprint density at radius 1 is 1.15 bits per heavy atom. The highest BCUT2D eigenvalue weighted by Crippen LogP contribution is 2.26. The number of rotatable bonds is 5. The van der Waals surface area contributed by atoms with E-state index < -0.39 is 0 Å². The molecule has 1 aliphatic heterocycles. The second-order valence-corrected chi connectivity index (χ2v) is 7.07. The van der Waals surface area contributed by atoms with Crippen LogP contribution < -0.4 is 9.47 Å². The topological polar surface area (TPSA) is 60.4 Å². The zero-order valence-electron chi connectivity index (χ0n) is 14.8. The van der Waals surface area contributed by atoms with Gasteiger partial charge in [-0.2, -0.15) is 4.98 Å². The van der Waals surface area contributed by atoms with Crippen molar-refractivity contribution in [3.8, 4) is 22.5 Å². The minimum Gasteiger partial charge on any atom is -0.481 e. The number of pyridine rings is 1. The summed E-state index contributed by atoms with van der Waals surface area (Å²) in [7, 11) is 3.24. The largest absolute Gasteiger partial charge is 0.481 e. The van der Waals surface area contributed by atoms with Crippen molar-refractivity contribution in [1.82, 2.24) is 19.9 Å². The quantitative estimate of drug-likeness (QED) is 0.689. The molecule has 0 N–H and O–H groups in total. The van der Waals surface area contributed by atoms with E-state index in [4.69, 9.17) is 14.5 Å². The van der Waals surface area contributed by atoms with Crippen LogP contribution in [-0.4, -0.2) is 40.6 Å². The van der Waals surface area contributed by atoms with Gasteiger partial charge in [0.1, 0.15) is 0 Å². The van der Waals surface area contributed by atoms with E-state index in [0.29, 0.717) is 11.8 Å². The first-order chi connectivity index (χ1) is 12.8. The molecule has 6 nitrogen and oxygen atoms in total. The molecule has 134 valence electrons. The molecule has 0 saturated carbocycles. The predicted molar refractivity (Wildman–Crippen MR) is 101 cm³/mol. The van der Waals surface area contributed by atoms with Gasteiger partial charge in [0, 0.05) is 37.5 Å². The number of hydrogen-bond donors (Lipinski definition) is 0. The lowest BCUT2D eigenvalue weighted by molar-refractivity contribution is 0.236. The van der Waals surface area contributed by atoms with E-state index in [1.165, 1.54) is 5.56 Å². The molecule has 0 aromatic carbocycles.